The molecule has 2 aromatic carbocycles. The molecule has 3 heteroatoms. The lowest BCUT2D eigenvalue weighted by Crippen LogP contribution is -2.19. The highest BCUT2D eigenvalue weighted by molar-refractivity contribution is 5.36. The molecule has 0 fully saturated rings. The molecule has 0 aliphatic heterocycles. The van der Waals surface area contributed by atoms with E-state index in [1.165, 1.54) is 28.8 Å². The maximum atomic E-state index is 13.4. The molecule has 0 radical (unpaired) electrons. The molecule has 0 amide bonds. The van der Waals surface area contributed by atoms with Crippen LogP contribution in [0.25, 0.3) is 0 Å². The van der Waals surface area contributed by atoms with E-state index in [0.717, 1.165) is 12.1 Å². The quantitative estimate of drug-likeness (QED) is 0.885. The molecular formula is C18H22FNO. The topological polar surface area (TPSA) is 21.3 Å². The van der Waals surface area contributed by atoms with Crippen LogP contribution in [0.1, 0.15) is 35.2 Å². The molecule has 0 saturated heterocycles. The summed E-state index contributed by atoms with van der Waals surface area (Å²) in [4.78, 5) is 0. The van der Waals surface area contributed by atoms with Gasteiger partial charge in [0.15, 0.2) is 0 Å². The van der Waals surface area contributed by atoms with E-state index < -0.39 is 0 Å². The van der Waals surface area contributed by atoms with Crippen LogP contribution in [0.15, 0.2) is 36.4 Å². The molecule has 2 nitrogen and oxygen atoms in total. The predicted octanol–water partition coefficient (Wildman–Crippen LogP) is 4.30. The summed E-state index contributed by atoms with van der Waals surface area (Å²) in [6, 6.07) is 11.0. The van der Waals surface area contributed by atoms with Gasteiger partial charge in [-0.3, -0.25) is 0 Å². The SMILES string of the molecule is COc1ccc(F)cc1C(C)NCc1ccc(C)cc1C. The summed E-state index contributed by atoms with van der Waals surface area (Å²) >= 11 is 0. The van der Waals surface area contributed by atoms with Crippen molar-refractivity contribution in [3.8, 4) is 5.75 Å². The highest BCUT2D eigenvalue weighted by Crippen LogP contribution is 2.26. The number of hydrogen-bond acceptors (Lipinski definition) is 2. The third-order valence-corrected chi connectivity index (χ3v) is 3.76. The Morgan fingerprint density at radius 2 is 1.90 bits per heavy atom. The lowest BCUT2D eigenvalue weighted by atomic mass is 10.0. The van der Waals surface area contributed by atoms with E-state index in [9.17, 15) is 4.39 Å². The Kier molecular flexibility index (Phi) is 4.97. The molecule has 1 N–H and O–H groups in total. The lowest BCUT2D eigenvalue weighted by Gasteiger charge is -2.18. The third-order valence-electron chi connectivity index (χ3n) is 3.76. The number of aryl methyl sites for hydroxylation is 2. The molecular weight excluding hydrogens is 265 g/mol. The summed E-state index contributed by atoms with van der Waals surface area (Å²) in [6.45, 7) is 6.95. The number of benzene rings is 2. The fraction of sp³-hybridized carbons (Fsp3) is 0.333. The van der Waals surface area contributed by atoms with Gasteiger partial charge >= 0.3 is 0 Å². The van der Waals surface area contributed by atoms with Gasteiger partial charge in [0.05, 0.1) is 7.11 Å². The molecule has 1 unspecified atom stereocenters. The Labute approximate surface area is 126 Å². The number of ether oxygens (including phenoxy) is 1. The molecule has 2 rings (SSSR count). The van der Waals surface area contributed by atoms with Gasteiger partial charge in [0.25, 0.3) is 0 Å². The Morgan fingerprint density at radius 1 is 1.14 bits per heavy atom. The van der Waals surface area contributed by atoms with Crippen molar-refractivity contribution >= 4 is 0 Å². The summed E-state index contributed by atoms with van der Waals surface area (Å²) in [5.74, 6) is 0.461. The molecule has 1 atom stereocenters. The van der Waals surface area contributed by atoms with Gasteiger partial charge in [0, 0.05) is 18.2 Å². The Balaban J connectivity index is 2.11. The molecule has 0 spiro atoms. The molecule has 0 bridgehead atoms. The van der Waals surface area contributed by atoms with Gasteiger partial charge in [0.1, 0.15) is 11.6 Å². The zero-order chi connectivity index (χ0) is 15.4. The molecule has 2 aromatic rings. The smallest absolute Gasteiger partial charge is 0.123 e. The predicted molar refractivity (Wildman–Crippen MR) is 84.1 cm³/mol. The van der Waals surface area contributed by atoms with Crippen LogP contribution < -0.4 is 10.1 Å². The van der Waals surface area contributed by atoms with Gasteiger partial charge in [0.2, 0.25) is 0 Å². The Bertz CT molecular complexity index is 625. The zero-order valence-electron chi connectivity index (χ0n) is 13.0. The van der Waals surface area contributed by atoms with Gasteiger partial charge in [-0.2, -0.15) is 0 Å². The number of nitrogens with one attached hydrogen (secondary N) is 1. The van der Waals surface area contributed by atoms with Crippen molar-refractivity contribution in [1.29, 1.82) is 0 Å². The van der Waals surface area contributed by atoms with E-state index in [-0.39, 0.29) is 11.9 Å². The molecule has 0 aromatic heterocycles. The molecule has 0 heterocycles. The van der Waals surface area contributed by atoms with Crippen LogP contribution in [0.5, 0.6) is 5.75 Å². The molecule has 0 aliphatic rings. The average molecular weight is 287 g/mol. The van der Waals surface area contributed by atoms with Gasteiger partial charge in [-0.05, 0) is 50.1 Å². The number of rotatable bonds is 5. The Morgan fingerprint density at radius 3 is 2.57 bits per heavy atom. The van der Waals surface area contributed by atoms with E-state index >= 15 is 0 Å². The van der Waals surface area contributed by atoms with Crippen molar-refractivity contribution in [1.82, 2.24) is 5.32 Å². The normalized spacial score (nSPS) is 12.2. The second kappa shape index (κ2) is 6.72. The molecule has 21 heavy (non-hydrogen) atoms. The van der Waals surface area contributed by atoms with E-state index in [1.807, 2.05) is 6.92 Å². The van der Waals surface area contributed by atoms with Crippen LogP contribution in [0.2, 0.25) is 0 Å². The van der Waals surface area contributed by atoms with E-state index in [1.54, 1.807) is 13.2 Å². The minimum atomic E-state index is -0.244. The van der Waals surface area contributed by atoms with Crippen molar-refractivity contribution in [3.63, 3.8) is 0 Å². The van der Waals surface area contributed by atoms with Crippen LogP contribution in [-0.2, 0) is 6.54 Å². The summed E-state index contributed by atoms with van der Waals surface area (Å²) in [5, 5.41) is 3.43. The standard InChI is InChI=1S/C18H22FNO/c1-12-5-6-15(13(2)9-12)11-20-14(3)17-10-16(19)7-8-18(17)21-4/h5-10,14,20H,11H2,1-4H3. The van der Waals surface area contributed by atoms with Crippen LogP contribution in [0, 0.1) is 19.7 Å². The van der Waals surface area contributed by atoms with E-state index in [2.05, 4.69) is 37.4 Å². The largest absolute Gasteiger partial charge is 0.496 e. The first kappa shape index (κ1) is 15.5. The number of halogens is 1. The van der Waals surface area contributed by atoms with Crippen LogP contribution in [0.4, 0.5) is 4.39 Å². The maximum Gasteiger partial charge on any atom is 0.123 e. The van der Waals surface area contributed by atoms with Crippen LogP contribution >= 0.6 is 0 Å². The molecule has 0 saturated carbocycles. The first-order valence-corrected chi connectivity index (χ1v) is 7.14. The minimum absolute atomic E-state index is 0.0105. The molecule has 0 aliphatic carbocycles. The monoisotopic (exact) mass is 287 g/mol. The van der Waals surface area contributed by atoms with Crippen LogP contribution in [-0.4, -0.2) is 7.11 Å². The summed E-state index contributed by atoms with van der Waals surface area (Å²) in [7, 11) is 1.60. The Hall–Kier alpha value is -1.87. The first-order chi connectivity index (χ1) is 10.0. The van der Waals surface area contributed by atoms with Crippen molar-refractivity contribution in [2.45, 2.75) is 33.4 Å². The minimum Gasteiger partial charge on any atom is -0.496 e. The highest BCUT2D eigenvalue weighted by Gasteiger charge is 2.12. The van der Waals surface area contributed by atoms with Crippen molar-refractivity contribution in [2.24, 2.45) is 0 Å². The fourth-order valence-electron chi connectivity index (χ4n) is 2.46. The van der Waals surface area contributed by atoms with Gasteiger partial charge in [-0.15, -0.1) is 0 Å². The number of methoxy groups -OCH3 is 1. The van der Waals surface area contributed by atoms with E-state index in [4.69, 9.17) is 4.74 Å². The van der Waals surface area contributed by atoms with Crippen molar-refractivity contribution in [2.75, 3.05) is 7.11 Å². The first-order valence-electron chi connectivity index (χ1n) is 7.14. The van der Waals surface area contributed by atoms with Crippen molar-refractivity contribution < 1.29 is 9.13 Å². The summed E-state index contributed by atoms with van der Waals surface area (Å²) < 4.78 is 18.7. The second-order valence-corrected chi connectivity index (χ2v) is 5.42. The summed E-state index contributed by atoms with van der Waals surface area (Å²) in [6.07, 6.45) is 0. The third kappa shape index (κ3) is 3.82. The maximum absolute atomic E-state index is 13.4. The average Bonchev–Trinajstić information content (AvgIpc) is 2.46. The summed E-state index contributed by atoms with van der Waals surface area (Å²) in [5.41, 5.74) is 4.61. The number of hydrogen-bond donors (Lipinski definition) is 1. The van der Waals surface area contributed by atoms with Crippen LogP contribution in [0.3, 0.4) is 0 Å². The second-order valence-electron chi connectivity index (χ2n) is 5.42. The van der Waals surface area contributed by atoms with Crippen molar-refractivity contribution in [3.05, 3.63) is 64.5 Å². The lowest BCUT2D eigenvalue weighted by molar-refractivity contribution is 0.399. The van der Waals surface area contributed by atoms with E-state index in [0.29, 0.717) is 5.75 Å². The zero-order valence-corrected chi connectivity index (χ0v) is 13.0. The fourth-order valence-corrected chi connectivity index (χ4v) is 2.46. The highest BCUT2D eigenvalue weighted by atomic mass is 19.1. The van der Waals surface area contributed by atoms with Gasteiger partial charge < -0.3 is 10.1 Å². The van der Waals surface area contributed by atoms with Gasteiger partial charge in [-0.25, -0.2) is 4.39 Å². The molecule has 112 valence electrons. The van der Waals surface area contributed by atoms with Gasteiger partial charge in [-0.1, -0.05) is 23.8 Å².